The van der Waals surface area contributed by atoms with Crippen LogP contribution in [0.2, 0.25) is 0 Å². The molecule has 2 heteroatoms. The van der Waals surface area contributed by atoms with Crippen LogP contribution in [0.4, 0.5) is 4.39 Å². The number of allylic oxidation sites excluding steroid dienone is 2. The first-order valence-corrected chi connectivity index (χ1v) is 5.77. The highest BCUT2D eigenvalue weighted by Crippen LogP contribution is 2.32. The van der Waals surface area contributed by atoms with Crippen molar-refractivity contribution in [2.75, 3.05) is 0 Å². The average molecular weight is 220 g/mol. The van der Waals surface area contributed by atoms with Crippen LogP contribution in [-0.2, 0) is 0 Å². The molecule has 0 spiro atoms. The van der Waals surface area contributed by atoms with Gasteiger partial charge in [0.15, 0.2) is 0 Å². The fourth-order valence-corrected chi connectivity index (χ4v) is 2.23. The summed E-state index contributed by atoms with van der Waals surface area (Å²) in [4.78, 5) is 0. The van der Waals surface area contributed by atoms with Crippen molar-refractivity contribution in [1.82, 2.24) is 0 Å². The molecule has 1 nitrogen and oxygen atoms in total. The van der Waals surface area contributed by atoms with E-state index in [4.69, 9.17) is 0 Å². The Labute approximate surface area is 95.6 Å². The number of aliphatic hydroxyl groups is 1. The molecule has 86 valence electrons. The van der Waals surface area contributed by atoms with E-state index in [9.17, 15) is 9.50 Å². The molecule has 0 radical (unpaired) electrons. The molecule has 16 heavy (non-hydrogen) atoms. The molecule has 0 bridgehead atoms. The quantitative estimate of drug-likeness (QED) is 0.756. The summed E-state index contributed by atoms with van der Waals surface area (Å²) in [5, 5.41) is 10.2. The van der Waals surface area contributed by atoms with E-state index in [1.165, 1.54) is 6.07 Å². The maximum absolute atomic E-state index is 13.1. The van der Waals surface area contributed by atoms with Gasteiger partial charge in [-0.15, -0.1) is 0 Å². The second-order valence-corrected chi connectivity index (χ2v) is 4.50. The van der Waals surface area contributed by atoms with Crippen molar-refractivity contribution >= 4 is 0 Å². The highest BCUT2D eigenvalue weighted by atomic mass is 19.1. The van der Waals surface area contributed by atoms with E-state index in [0.717, 1.165) is 24.8 Å². The zero-order valence-electron chi connectivity index (χ0n) is 9.49. The highest BCUT2D eigenvalue weighted by Gasteiger charge is 2.21. The third-order valence-electron chi connectivity index (χ3n) is 3.28. The zero-order chi connectivity index (χ0) is 11.5. The highest BCUT2D eigenvalue weighted by molar-refractivity contribution is 5.26. The van der Waals surface area contributed by atoms with Gasteiger partial charge in [0.2, 0.25) is 0 Å². The van der Waals surface area contributed by atoms with Gasteiger partial charge in [0.1, 0.15) is 5.82 Å². The van der Waals surface area contributed by atoms with Crippen LogP contribution in [-0.4, -0.2) is 5.11 Å². The lowest BCUT2D eigenvalue weighted by Gasteiger charge is -2.24. The maximum atomic E-state index is 13.1. The van der Waals surface area contributed by atoms with E-state index in [1.807, 2.05) is 0 Å². The van der Waals surface area contributed by atoms with Gasteiger partial charge in [-0.25, -0.2) is 4.39 Å². The van der Waals surface area contributed by atoms with Gasteiger partial charge in [0.25, 0.3) is 0 Å². The first kappa shape index (κ1) is 11.3. The van der Waals surface area contributed by atoms with Gasteiger partial charge in [-0.05, 0) is 49.3 Å². The molecule has 1 aromatic carbocycles. The van der Waals surface area contributed by atoms with Crippen molar-refractivity contribution in [2.24, 2.45) is 5.92 Å². The molecular formula is C14H17FO. The second-order valence-electron chi connectivity index (χ2n) is 4.50. The number of benzene rings is 1. The van der Waals surface area contributed by atoms with Crippen molar-refractivity contribution in [3.63, 3.8) is 0 Å². The maximum Gasteiger partial charge on any atom is 0.126 e. The van der Waals surface area contributed by atoms with Crippen molar-refractivity contribution < 1.29 is 9.50 Å². The van der Waals surface area contributed by atoms with Crippen LogP contribution in [0.25, 0.3) is 0 Å². The monoisotopic (exact) mass is 220 g/mol. The van der Waals surface area contributed by atoms with Gasteiger partial charge < -0.3 is 5.11 Å². The first-order valence-electron chi connectivity index (χ1n) is 5.77. The lowest BCUT2D eigenvalue weighted by molar-refractivity contribution is 0.102. The van der Waals surface area contributed by atoms with Gasteiger partial charge in [-0.2, -0.15) is 0 Å². The minimum Gasteiger partial charge on any atom is -0.388 e. The second kappa shape index (κ2) is 4.79. The van der Waals surface area contributed by atoms with Gasteiger partial charge in [-0.1, -0.05) is 24.3 Å². The minimum absolute atomic E-state index is 0.209. The van der Waals surface area contributed by atoms with Crippen LogP contribution < -0.4 is 0 Å². The minimum atomic E-state index is -0.468. The molecule has 0 saturated carbocycles. The standard InChI is InChI=1S/C14H17FO/c1-10-9-12(7-8-13(10)15)14(16)11-5-3-2-4-6-11/h2-3,7-9,11,14,16H,4-6H2,1H3. The first-order chi connectivity index (χ1) is 7.68. The fourth-order valence-electron chi connectivity index (χ4n) is 2.23. The number of aliphatic hydroxyl groups excluding tert-OH is 1. The van der Waals surface area contributed by atoms with Crippen LogP contribution in [0.5, 0.6) is 0 Å². The van der Waals surface area contributed by atoms with Crippen molar-refractivity contribution in [2.45, 2.75) is 32.3 Å². The van der Waals surface area contributed by atoms with E-state index in [0.29, 0.717) is 5.56 Å². The van der Waals surface area contributed by atoms with E-state index in [1.54, 1.807) is 19.1 Å². The summed E-state index contributed by atoms with van der Waals surface area (Å²) in [6, 6.07) is 4.87. The Bertz CT molecular complexity index is 398. The van der Waals surface area contributed by atoms with Crippen molar-refractivity contribution in [3.05, 3.63) is 47.3 Å². The van der Waals surface area contributed by atoms with E-state index in [-0.39, 0.29) is 11.7 Å². The Balaban J connectivity index is 2.16. The smallest absolute Gasteiger partial charge is 0.126 e. The summed E-state index contributed by atoms with van der Waals surface area (Å²) in [6.07, 6.45) is 6.75. The van der Waals surface area contributed by atoms with Crippen LogP contribution in [0, 0.1) is 18.7 Å². The Morgan fingerprint density at radius 1 is 1.38 bits per heavy atom. The Morgan fingerprint density at radius 2 is 2.19 bits per heavy atom. The van der Waals surface area contributed by atoms with Crippen molar-refractivity contribution in [1.29, 1.82) is 0 Å². The van der Waals surface area contributed by atoms with Crippen LogP contribution in [0.3, 0.4) is 0 Å². The SMILES string of the molecule is Cc1cc(C(O)C2CC=CCC2)ccc1F. The van der Waals surface area contributed by atoms with Gasteiger partial charge in [0, 0.05) is 0 Å². The third-order valence-corrected chi connectivity index (χ3v) is 3.28. The molecule has 0 amide bonds. The molecule has 1 aliphatic rings. The van der Waals surface area contributed by atoms with Crippen LogP contribution >= 0.6 is 0 Å². The normalized spacial score (nSPS) is 22.1. The molecule has 1 aromatic rings. The molecule has 2 rings (SSSR count). The summed E-state index contributed by atoms with van der Waals surface area (Å²) in [6.45, 7) is 1.73. The number of aryl methyl sites for hydroxylation is 1. The fraction of sp³-hybridized carbons (Fsp3) is 0.429. The molecule has 0 aliphatic heterocycles. The molecule has 1 N–H and O–H groups in total. The lowest BCUT2D eigenvalue weighted by atomic mass is 9.86. The number of halogens is 1. The Hall–Kier alpha value is -1.15. The topological polar surface area (TPSA) is 20.2 Å². The molecule has 0 aromatic heterocycles. The van der Waals surface area contributed by atoms with Gasteiger partial charge >= 0.3 is 0 Å². The third kappa shape index (κ3) is 2.33. The predicted molar refractivity (Wildman–Crippen MR) is 62.6 cm³/mol. The largest absolute Gasteiger partial charge is 0.388 e. The molecular weight excluding hydrogens is 203 g/mol. The molecule has 2 unspecified atom stereocenters. The molecule has 1 aliphatic carbocycles. The van der Waals surface area contributed by atoms with Crippen LogP contribution in [0.15, 0.2) is 30.4 Å². The predicted octanol–water partition coefficient (Wildman–Crippen LogP) is 3.52. The summed E-state index contributed by atoms with van der Waals surface area (Å²) < 4.78 is 13.1. The zero-order valence-corrected chi connectivity index (χ0v) is 9.49. The molecule has 0 heterocycles. The van der Waals surface area contributed by atoms with Gasteiger partial charge in [0.05, 0.1) is 6.10 Å². The summed E-state index contributed by atoms with van der Waals surface area (Å²) in [5.74, 6) is 0.0642. The molecule has 0 fully saturated rings. The number of hydrogen-bond donors (Lipinski definition) is 1. The average Bonchev–Trinajstić information content (AvgIpc) is 2.33. The van der Waals surface area contributed by atoms with Gasteiger partial charge in [-0.3, -0.25) is 0 Å². The van der Waals surface area contributed by atoms with Crippen molar-refractivity contribution in [3.8, 4) is 0 Å². The lowest BCUT2D eigenvalue weighted by Crippen LogP contribution is -2.14. The summed E-state index contributed by atoms with van der Waals surface area (Å²) in [7, 11) is 0. The van der Waals surface area contributed by atoms with E-state index < -0.39 is 6.10 Å². The van der Waals surface area contributed by atoms with E-state index in [2.05, 4.69) is 12.2 Å². The summed E-state index contributed by atoms with van der Waals surface area (Å²) in [5.41, 5.74) is 1.43. The Morgan fingerprint density at radius 3 is 2.81 bits per heavy atom. The van der Waals surface area contributed by atoms with E-state index >= 15 is 0 Å². The molecule has 0 saturated heterocycles. The number of hydrogen-bond acceptors (Lipinski definition) is 1. The molecule has 2 atom stereocenters. The Kier molecular flexibility index (Phi) is 3.39. The van der Waals surface area contributed by atoms with Crippen LogP contribution in [0.1, 0.15) is 36.5 Å². The summed E-state index contributed by atoms with van der Waals surface area (Å²) >= 11 is 0. The number of rotatable bonds is 2.